The first kappa shape index (κ1) is 15.2. The minimum atomic E-state index is -3.55. The second-order valence-corrected chi connectivity index (χ2v) is 9.30. The van der Waals surface area contributed by atoms with E-state index >= 15 is 0 Å². The lowest BCUT2D eigenvalue weighted by molar-refractivity contribution is 0.247. The molecular weight excluding hydrogens is 286 g/mol. The predicted molar refractivity (Wildman–Crippen MR) is 68.1 cm³/mol. The van der Waals surface area contributed by atoms with Crippen LogP contribution in [0.1, 0.15) is 32.6 Å². The quantitative estimate of drug-likeness (QED) is 0.714. The zero-order chi connectivity index (χ0) is 13.1. The summed E-state index contributed by atoms with van der Waals surface area (Å²) in [4.78, 5) is 0. The SMILES string of the molecule is CCS(=O)(=O)N1CCCCC1CCS(=O)(=O)Cl. The van der Waals surface area contributed by atoms with Gasteiger partial charge in [-0.3, -0.25) is 0 Å². The molecule has 1 aliphatic rings. The lowest BCUT2D eigenvalue weighted by atomic mass is 10.0. The van der Waals surface area contributed by atoms with E-state index in [1.54, 1.807) is 6.92 Å². The number of halogens is 1. The molecule has 0 N–H and O–H groups in total. The summed E-state index contributed by atoms with van der Waals surface area (Å²) in [6.07, 6.45) is 2.77. The molecule has 0 aromatic heterocycles. The molecular formula is C9H18ClNO4S2. The Balaban J connectivity index is 2.74. The van der Waals surface area contributed by atoms with Crippen molar-refractivity contribution in [2.45, 2.75) is 38.6 Å². The molecule has 0 amide bonds. The first-order valence-corrected chi connectivity index (χ1v) is 9.77. The van der Waals surface area contributed by atoms with E-state index in [0.717, 1.165) is 12.8 Å². The van der Waals surface area contributed by atoms with Gasteiger partial charge in [0.15, 0.2) is 0 Å². The van der Waals surface area contributed by atoms with Crippen LogP contribution in [0.2, 0.25) is 0 Å². The van der Waals surface area contributed by atoms with Gasteiger partial charge in [0.25, 0.3) is 0 Å². The first-order chi connectivity index (χ1) is 7.76. The average molecular weight is 304 g/mol. The van der Waals surface area contributed by atoms with Gasteiger partial charge in [0.05, 0.1) is 11.5 Å². The van der Waals surface area contributed by atoms with E-state index in [9.17, 15) is 16.8 Å². The maximum atomic E-state index is 11.8. The summed E-state index contributed by atoms with van der Waals surface area (Å²) in [6.45, 7) is 2.09. The molecule has 1 heterocycles. The molecule has 0 aliphatic carbocycles. The molecule has 0 saturated carbocycles. The zero-order valence-corrected chi connectivity index (χ0v) is 12.2. The summed E-state index contributed by atoms with van der Waals surface area (Å²) >= 11 is 0. The second-order valence-electron chi connectivity index (χ2n) is 4.19. The highest BCUT2D eigenvalue weighted by atomic mass is 35.7. The number of nitrogens with zero attached hydrogens (tertiary/aromatic N) is 1. The largest absolute Gasteiger partial charge is 0.232 e. The minimum Gasteiger partial charge on any atom is -0.212 e. The van der Waals surface area contributed by atoms with Crippen molar-refractivity contribution in [3.63, 3.8) is 0 Å². The van der Waals surface area contributed by atoms with E-state index < -0.39 is 19.1 Å². The fraction of sp³-hybridized carbons (Fsp3) is 1.00. The highest BCUT2D eigenvalue weighted by Gasteiger charge is 2.31. The van der Waals surface area contributed by atoms with Crippen LogP contribution in [0.25, 0.3) is 0 Å². The summed E-state index contributed by atoms with van der Waals surface area (Å²) in [5, 5.41) is 0. The lowest BCUT2D eigenvalue weighted by Gasteiger charge is -2.34. The Kier molecular flexibility index (Phi) is 5.24. The van der Waals surface area contributed by atoms with Gasteiger partial charge in [-0.15, -0.1) is 0 Å². The Morgan fingerprint density at radius 3 is 2.41 bits per heavy atom. The topological polar surface area (TPSA) is 71.5 Å². The summed E-state index contributed by atoms with van der Waals surface area (Å²) in [5.74, 6) is -0.119. The molecule has 17 heavy (non-hydrogen) atoms. The molecule has 8 heteroatoms. The Morgan fingerprint density at radius 2 is 1.88 bits per heavy atom. The molecule has 102 valence electrons. The molecule has 0 aromatic carbocycles. The number of hydrogen-bond donors (Lipinski definition) is 0. The van der Waals surface area contributed by atoms with Gasteiger partial charge in [0, 0.05) is 23.3 Å². The molecule has 1 atom stereocenters. The fourth-order valence-corrected chi connectivity index (χ4v) is 4.30. The van der Waals surface area contributed by atoms with Crippen LogP contribution in [0.3, 0.4) is 0 Å². The van der Waals surface area contributed by atoms with Crippen molar-refractivity contribution < 1.29 is 16.8 Å². The van der Waals surface area contributed by atoms with Gasteiger partial charge < -0.3 is 0 Å². The van der Waals surface area contributed by atoms with E-state index in [-0.39, 0.29) is 24.0 Å². The van der Waals surface area contributed by atoms with Crippen LogP contribution in [0, 0.1) is 0 Å². The molecule has 1 unspecified atom stereocenters. The molecule has 5 nitrogen and oxygen atoms in total. The van der Waals surface area contributed by atoms with Crippen LogP contribution >= 0.6 is 10.7 Å². The average Bonchev–Trinajstić information content (AvgIpc) is 2.26. The van der Waals surface area contributed by atoms with Crippen molar-refractivity contribution in [2.24, 2.45) is 0 Å². The van der Waals surface area contributed by atoms with Gasteiger partial charge >= 0.3 is 0 Å². The van der Waals surface area contributed by atoms with Gasteiger partial charge in [0.1, 0.15) is 0 Å². The van der Waals surface area contributed by atoms with Gasteiger partial charge in [-0.1, -0.05) is 6.42 Å². The van der Waals surface area contributed by atoms with E-state index in [1.807, 2.05) is 0 Å². The maximum absolute atomic E-state index is 11.8. The van der Waals surface area contributed by atoms with E-state index in [2.05, 4.69) is 0 Å². The van der Waals surface area contributed by atoms with Crippen LogP contribution in [0.5, 0.6) is 0 Å². The minimum absolute atomic E-state index is 0.0527. The third kappa shape index (κ3) is 4.73. The standard InChI is InChI=1S/C9H18ClNO4S2/c1-2-17(14,15)11-7-4-3-5-9(11)6-8-16(10,12)13/h9H,2-8H2,1H3. The van der Waals surface area contributed by atoms with Crippen LogP contribution < -0.4 is 0 Å². The van der Waals surface area contributed by atoms with Gasteiger partial charge in [-0.2, -0.15) is 4.31 Å². The van der Waals surface area contributed by atoms with Gasteiger partial charge in [-0.25, -0.2) is 16.8 Å². The van der Waals surface area contributed by atoms with Crippen molar-refractivity contribution in [3.8, 4) is 0 Å². The van der Waals surface area contributed by atoms with Crippen LogP contribution in [-0.4, -0.2) is 45.2 Å². The number of piperidine rings is 1. The van der Waals surface area contributed by atoms with Crippen molar-refractivity contribution in [1.29, 1.82) is 0 Å². The molecule has 1 fully saturated rings. The smallest absolute Gasteiger partial charge is 0.212 e. The molecule has 1 aliphatic heterocycles. The molecule has 0 bridgehead atoms. The first-order valence-electron chi connectivity index (χ1n) is 5.68. The van der Waals surface area contributed by atoms with Crippen LogP contribution in [0.4, 0.5) is 0 Å². The normalized spacial score (nSPS) is 23.8. The molecule has 0 radical (unpaired) electrons. The molecule has 0 aromatic rings. The summed E-state index contributed by atoms with van der Waals surface area (Å²) in [5.41, 5.74) is 0. The Labute approximate surface area is 108 Å². The van der Waals surface area contributed by atoms with Crippen molar-refractivity contribution in [2.75, 3.05) is 18.1 Å². The summed E-state index contributed by atoms with van der Waals surface area (Å²) in [6, 6.07) is -0.220. The Hall–Kier alpha value is 0.150. The zero-order valence-electron chi connectivity index (χ0n) is 9.80. The Morgan fingerprint density at radius 1 is 1.24 bits per heavy atom. The highest BCUT2D eigenvalue weighted by Crippen LogP contribution is 2.23. The maximum Gasteiger partial charge on any atom is 0.232 e. The van der Waals surface area contributed by atoms with Crippen LogP contribution in [-0.2, 0) is 19.1 Å². The number of rotatable bonds is 5. The van der Waals surface area contributed by atoms with Crippen LogP contribution in [0.15, 0.2) is 0 Å². The van der Waals surface area contributed by atoms with E-state index in [4.69, 9.17) is 10.7 Å². The van der Waals surface area contributed by atoms with E-state index in [0.29, 0.717) is 13.0 Å². The summed E-state index contributed by atoms with van der Waals surface area (Å²) < 4.78 is 46.9. The van der Waals surface area contributed by atoms with E-state index in [1.165, 1.54) is 4.31 Å². The molecule has 1 rings (SSSR count). The molecule has 0 spiro atoms. The fourth-order valence-electron chi connectivity index (χ4n) is 2.07. The number of sulfonamides is 1. The monoisotopic (exact) mass is 303 g/mol. The van der Waals surface area contributed by atoms with Gasteiger partial charge in [0.2, 0.25) is 19.1 Å². The third-order valence-electron chi connectivity index (χ3n) is 2.99. The highest BCUT2D eigenvalue weighted by molar-refractivity contribution is 8.13. The molecule has 1 saturated heterocycles. The Bertz CT molecular complexity index is 446. The lowest BCUT2D eigenvalue weighted by Crippen LogP contribution is -2.44. The van der Waals surface area contributed by atoms with Crippen molar-refractivity contribution in [3.05, 3.63) is 0 Å². The predicted octanol–water partition coefficient (Wildman–Crippen LogP) is 1.15. The summed E-state index contributed by atoms with van der Waals surface area (Å²) in [7, 11) is -1.64. The third-order valence-corrected chi connectivity index (χ3v) is 6.10. The number of hydrogen-bond acceptors (Lipinski definition) is 4. The van der Waals surface area contributed by atoms with Crippen molar-refractivity contribution >= 4 is 29.8 Å². The van der Waals surface area contributed by atoms with Crippen molar-refractivity contribution in [1.82, 2.24) is 4.31 Å². The second kappa shape index (κ2) is 5.86. The van der Waals surface area contributed by atoms with Gasteiger partial charge in [-0.05, 0) is 26.2 Å².